The van der Waals surface area contributed by atoms with Crippen LogP contribution in [0.15, 0.2) is 18.2 Å². The van der Waals surface area contributed by atoms with Crippen LogP contribution in [-0.4, -0.2) is 50.6 Å². The Morgan fingerprint density at radius 2 is 2.00 bits per heavy atom. The van der Waals surface area contributed by atoms with Crippen molar-refractivity contribution in [1.29, 1.82) is 0 Å². The summed E-state index contributed by atoms with van der Waals surface area (Å²) in [5.74, 6) is 1.36. The second kappa shape index (κ2) is 5.98. The Morgan fingerprint density at radius 1 is 1.15 bits per heavy atom. The molecule has 2 aliphatic rings. The highest BCUT2D eigenvalue weighted by Crippen LogP contribution is 2.32. The molecular formula is C13H17N3O4. The van der Waals surface area contributed by atoms with Gasteiger partial charge in [0.05, 0.1) is 19.8 Å². The highest BCUT2D eigenvalue weighted by atomic mass is 16.6. The first-order chi connectivity index (χ1) is 9.83. The molecule has 2 N–H and O–H groups in total. The Balaban J connectivity index is 1.66. The number of urea groups is 1. The van der Waals surface area contributed by atoms with Crippen LogP contribution in [0.4, 0.5) is 10.5 Å². The van der Waals surface area contributed by atoms with Gasteiger partial charge in [-0.2, -0.15) is 0 Å². The lowest BCUT2D eigenvalue weighted by Crippen LogP contribution is -2.45. The first-order valence-electron chi connectivity index (χ1n) is 6.62. The molecule has 7 nitrogen and oxygen atoms in total. The molecule has 0 aromatic heterocycles. The summed E-state index contributed by atoms with van der Waals surface area (Å²) in [5.41, 5.74) is 3.68. The first-order valence-corrected chi connectivity index (χ1v) is 6.62. The van der Waals surface area contributed by atoms with Crippen LogP contribution < -0.4 is 20.2 Å². The standard InChI is InChI=1S/C13H17N3O4/c17-13(16-4-6-18-5-3-14-16)15-10-1-2-11-12(9-10)20-8-7-19-11/h1-2,9,14H,3-8H2,(H,15,17). The van der Waals surface area contributed by atoms with Crippen LogP contribution in [0.2, 0.25) is 0 Å². The van der Waals surface area contributed by atoms with E-state index in [-0.39, 0.29) is 6.03 Å². The van der Waals surface area contributed by atoms with Gasteiger partial charge in [-0.3, -0.25) is 5.01 Å². The smallest absolute Gasteiger partial charge is 0.336 e. The van der Waals surface area contributed by atoms with E-state index in [1.807, 2.05) is 0 Å². The first kappa shape index (κ1) is 13.0. The van der Waals surface area contributed by atoms with Crippen molar-refractivity contribution in [3.05, 3.63) is 18.2 Å². The van der Waals surface area contributed by atoms with Crippen molar-refractivity contribution in [2.45, 2.75) is 0 Å². The fourth-order valence-electron chi connectivity index (χ4n) is 2.08. The molecule has 2 heterocycles. The van der Waals surface area contributed by atoms with Gasteiger partial charge in [0.1, 0.15) is 13.2 Å². The van der Waals surface area contributed by atoms with Gasteiger partial charge >= 0.3 is 6.03 Å². The number of nitrogens with zero attached hydrogens (tertiary/aromatic N) is 1. The molecule has 0 bridgehead atoms. The molecule has 7 heteroatoms. The number of ether oxygens (including phenoxy) is 3. The van der Waals surface area contributed by atoms with Crippen molar-refractivity contribution < 1.29 is 19.0 Å². The molecule has 0 aliphatic carbocycles. The van der Waals surface area contributed by atoms with Crippen molar-refractivity contribution in [2.24, 2.45) is 0 Å². The van der Waals surface area contributed by atoms with Gasteiger partial charge in [-0.25, -0.2) is 10.2 Å². The number of nitrogens with one attached hydrogen (secondary N) is 2. The molecule has 1 aromatic rings. The van der Waals surface area contributed by atoms with Gasteiger partial charge in [-0.05, 0) is 12.1 Å². The maximum Gasteiger partial charge on any atom is 0.336 e. The minimum atomic E-state index is -0.216. The summed E-state index contributed by atoms with van der Waals surface area (Å²) in [6.07, 6.45) is 0. The molecule has 1 fully saturated rings. The maximum absolute atomic E-state index is 12.1. The average Bonchev–Trinajstić information content (AvgIpc) is 2.76. The normalized spacial score (nSPS) is 18.3. The molecule has 1 saturated heterocycles. The molecule has 0 atom stereocenters. The third kappa shape index (κ3) is 2.94. The van der Waals surface area contributed by atoms with Crippen LogP contribution >= 0.6 is 0 Å². The van der Waals surface area contributed by atoms with Gasteiger partial charge in [0.25, 0.3) is 0 Å². The van der Waals surface area contributed by atoms with Crippen molar-refractivity contribution in [1.82, 2.24) is 10.4 Å². The van der Waals surface area contributed by atoms with Crippen LogP contribution in [0.1, 0.15) is 0 Å². The highest BCUT2D eigenvalue weighted by Gasteiger charge is 2.17. The zero-order chi connectivity index (χ0) is 13.8. The number of benzene rings is 1. The Hall–Kier alpha value is -1.99. The second-order valence-corrected chi connectivity index (χ2v) is 4.46. The second-order valence-electron chi connectivity index (χ2n) is 4.46. The molecule has 2 amide bonds. The minimum Gasteiger partial charge on any atom is -0.486 e. The fourth-order valence-corrected chi connectivity index (χ4v) is 2.08. The van der Waals surface area contributed by atoms with Gasteiger partial charge in [-0.15, -0.1) is 0 Å². The Morgan fingerprint density at radius 3 is 2.90 bits per heavy atom. The molecule has 0 saturated carbocycles. The molecule has 0 spiro atoms. The zero-order valence-corrected chi connectivity index (χ0v) is 11.1. The molecule has 3 rings (SSSR count). The number of hydrogen-bond acceptors (Lipinski definition) is 5. The third-order valence-corrected chi connectivity index (χ3v) is 3.05. The average molecular weight is 279 g/mol. The highest BCUT2D eigenvalue weighted by molar-refractivity contribution is 5.89. The molecular weight excluding hydrogens is 262 g/mol. The van der Waals surface area contributed by atoms with E-state index in [0.29, 0.717) is 56.7 Å². The third-order valence-electron chi connectivity index (χ3n) is 3.05. The zero-order valence-electron chi connectivity index (χ0n) is 11.1. The van der Waals surface area contributed by atoms with Crippen LogP contribution in [0.25, 0.3) is 0 Å². The van der Waals surface area contributed by atoms with Crippen LogP contribution in [-0.2, 0) is 4.74 Å². The quantitative estimate of drug-likeness (QED) is 0.796. The van der Waals surface area contributed by atoms with E-state index in [4.69, 9.17) is 14.2 Å². The van der Waals surface area contributed by atoms with Gasteiger partial charge in [0.15, 0.2) is 11.5 Å². The number of hydrogen-bond donors (Lipinski definition) is 2. The van der Waals surface area contributed by atoms with Crippen LogP contribution in [0.5, 0.6) is 11.5 Å². The van der Waals surface area contributed by atoms with Gasteiger partial charge < -0.3 is 19.5 Å². The number of fused-ring (bicyclic) bond motifs is 1. The summed E-state index contributed by atoms with van der Waals surface area (Å²) >= 11 is 0. The van der Waals surface area contributed by atoms with Gasteiger partial charge in [0, 0.05) is 18.3 Å². The summed E-state index contributed by atoms with van der Waals surface area (Å²) < 4.78 is 16.2. The number of amides is 2. The van der Waals surface area contributed by atoms with E-state index in [0.717, 1.165) is 0 Å². The lowest BCUT2D eigenvalue weighted by Gasteiger charge is -2.22. The van der Waals surface area contributed by atoms with Crippen molar-refractivity contribution in [3.8, 4) is 11.5 Å². The van der Waals surface area contributed by atoms with Crippen molar-refractivity contribution >= 4 is 11.7 Å². The monoisotopic (exact) mass is 279 g/mol. The predicted molar refractivity (Wildman–Crippen MR) is 72.0 cm³/mol. The Kier molecular flexibility index (Phi) is 3.89. The van der Waals surface area contributed by atoms with Crippen molar-refractivity contribution in [3.63, 3.8) is 0 Å². The summed E-state index contributed by atoms with van der Waals surface area (Å²) in [6.45, 7) is 3.34. The lowest BCUT2D eigenvalue weighted by atomic mass is 10.2. The van der Waals surface area contributed by atoms with Gasteiger partial charge in [-0.1, -0.05) is 0 Å². The van der Waals surface area contributed by atoms with E-state index in [2.05, 4.69) is 10.7 Å². The summed E-state index contributed by atoms with van der Waals surface area (Å²) in [6, 6.07) is 5.14. The van der Waals surface area contributed by atoms with Crippen molar-refractivity contribution in [2.75, 3.05) is 44.8 Å². The number of anilines is 1. The summed E-state index contributed by atoms with van der Waals surface area (Å²) in [4.78, 5) is 12.1. The lowest BCUT2D eigenvalue weighted by molar-refractivity contribution is 0.147. The SMILES string of the molecule is O=C(Nc1ccc2c(c1)OCCO2)N1CCOCCN1. The maximum atomic E-state index is 12.1. The summed E-state index contributed by atoms with van der Waals surface area (Å²) in [5, 5.41) is 4.34. The molecule has 108 valence electrons. The number of carbonyl (C=O) groups is 1. The largest absolute Gasteiger partial charge is 0.486 e. The van der Waals surface area contributed by atoms with Crippen LogP contribution in [0.3, 0.4) is 0 Å². The molecule has 20 heavy (non-hydrogen) atoms. The molecule has 0 radical (unpaired) electrons. The molecule has 0 unspecified atom stereocenters. The Bertz CT molecular complexity index is 487. The summed E-state index contributed by atoms with van der Waals surface area (Å²) in [7, 11) is 0. The number of carbonyl (C=O) groups excluding carboxylic acids is 1. The minimum absolute atomic E-state index is 0.216. The predicted octanol–water partition coefficient (Wildman–Crippen LogP) is 0.826. The molecule has 2 aliphatic heterocycles. The van der Waals surface area contributed by atoms with E-state index >= 15 is 0 Å². The van der Waals surface area contributed by atoms with E-state index in [1.165, 1.54) is 5.01 Å². The molecule has 1 aromatic carbocycles. The van der Waals surface area contributed by atoms with E-state index in [1.54, 1.807) is 18.2 Å². The van der Waals surface area contributed by atoms with Gasteiger partial charge in [0.2, 0.25) is 0 Å². The fraction of sp³-hybridized carbons (Fsp3) is 0.462. The number of hydrazine groups is 1. The van der Waals surface area contributed by atoms with E-state index in [9.17, 15) is 4.79 Å². The van der Waals surface area contributed by atoms with E-state index < -0.39 is 0 Å². The topological polar surface area (TPSA) is 72.1 Å². The Labute approximate surface area is 116 Å². The van der Waals surface area contributed by atoms with Crippen LogP contribution in [0, 0.1) is 0 Å². The number of rotatable bonds is 1.